The van der Waals surface area contributed by atoms with Gasteiger partial charge >= 0.3 is 5.97 Å². The van der Waals surface area contributed by atoms with E-state index < -0.39 is 0 Å². The molecule has 3 aromatic carbocycles. The van der Waals surface area contributed by atoms with Gasteiger partial charge in [-0.25, -0.2) is 4.79 Å². The van der Waals surface area contributed by atoms with Crippen molar-refractivity contribution in [2.24, 2.45) is 0 Å². The minimum absolute atomic E-state index is 0.220. The maximum absolute atomic E-state index is 12.5. The fraction of sp³-hybridized carbons (Fsp3) is 0.296. The van der Waals surface area contributed by atoms with Crippen molar-refractivity contribution in [3.63, 3.8) is 0 Å². The normalized spacial score (nSPS) is 13.3. The molecule has 0 aliphatic carbocycles. The van der Waals surface area contributed by atoms with E-state index in [0.717, 1.165) is 35.6 Å². The van der Waals surface area contributed by atoms with E-state index in [1.807, 2.05) is 36.4 Å². The van der Waals surface area contributed by atoms with Gasteiger partial charge in [0.2, 0.25) is 0 Å². The number of carbonyl (C=O) groups is 1. The van der Waals surface area contributed by atoms with Crippen molar-refractivity contribution < 1.29 is 23.7 Å². The van der Waals surface area contributed by atoms with Crippen LogP contribution in [0.1, 0.15) is 21.5 Å². The van der Waals surface area contributed by atoms with Crippen LogP contribution in [0.15, 0.2) is 54.6 Å². The molecule has 0 saturated carbocycles. The largest absolute Gasteiger partial charge is 0.493 e. The molecule has 190 valence electrons. The standard InChI is InChI=1S/C27H28Cl2N2O5/c1-33-26-14-18(6-9-25(26)36-17-21-22(28)4-3-5-23(21)29)16-30-19-7-8-24(20(15-19)27(32)34-2)31-10-12-35-13-11-31/h3-9,14-15,30H,10-13,16-17H2,1-2H3. The van der Waals surface area contributed by atoms with Crippen LogP contribution in [0, 0.1) is 0 Å². The van der Waals surface area contributed by atoms with Crippen molar-refractivity contribution in [2.75, 3.05) is 50.7 Å². The predicted octanol–water partition coefficient (Wildman–Crippen LogP) is 5.82. The maximum atomic E-state index is 12.5. The number of nitrogens with one attached hydrogen (secondary N) is 1. The second-order valence-corrected chi connectivity index (χ2v) is 8.96. The number of benzene rings is 3. The zero-order valence-corrected chi connectivity index (χ0v) is 21.7. The van der Waals surface area contributed by atoms with Gasteiger partial charge < -0.3 is 29.2 Å². The van der Waals surface area contributed by atoms with Crippen molar-refractivity contribution >= 4 is 40.5 Å². The summed E-state index contributed by atoms with van der Waals surface area (Å²) in [5, 5.41) is 4.47. The monoisotopic (exact) mass is 530 g/mol. The molecule has 36 heavy (non-hydrogen) atoms. The molecule has 7 nitrogen and oxygen atoms in total. The summed E-state index contributed by atoms with van der Waals surface area (Å²) < 4.78 is 21.9. The van der Waals surface area contributed by atoms with Crippen LogP contribution in [-0.2, 0) is 22.6 Å². The van der Waals surface area contributed by atoms with Crippen molar-refractivity contribution in [3.8, 4) is 11.5 Å². The number of rotatable bonds is 9. The van der Waals surface area contributed by atoms with Crippen LogP contribution in [-0.4, -0.2) is 46.5 Å². The van der Waals surface area contributed by atoms with Crippen molar-refractivity contribution in [1.29, 1.82) is 0 Å². The third-order valence-electron chi connectivity index (χ3n) is 5.91. The zero-order valence-electron chi connectivity index (χ0n) is 20.2. The lowest BCUT2D eigenvalue weighted by atomic mass is 10.1. The lowest BCUT2D eigenvalue weighted by Gasteiger charge is -2.30. The van der Waals surface area contributed by atoms with Crippen molar-refractivity contribution in [3.05, 3.63) is 81.3 Å². The lowest BCUT2D eigenvalue weighted by molar-refractivity contribution is 0.0600. The number of hydrogen-bond acceptors (Lipinski definition) is 7. The molecule has 1 fully saturated rings. The third-order valence-corrected chi connectivity index (χ3v) is 6.62. The molecule has 0 radical (unpaired) electrons. The Hall–Kier alpha value is -3.13. The number of hydrogen-bond donors (Lipinski definition) is 1. The van der Waals surface area contributed by atoms with Crippen LogP contribution in [0.3, 0.4) is 0 Å². The first-order valence-corrected chi connectivity index (χ1v) is 12.3. The van der Waals surface area contributed by atoms with Crippen molar-refractivity contribution in [2.45, 2.75) is 13.2 Å². The summed E-state index contributed by atoms with van der Waals surface area (Å²) >= 11 is 12.5. The average Bonchev–Trinajstić information content (AvgIpc) is 2.91. The first-order chi connectivity index (χ1) is 17.5. The van der Waals surface area contributed by atoms with Gasteiger partial charge in [-0.05, 0) is 48.0 Å². The molecule has 4 rings (SSSR count). The van der Waals surface area contributed by atoms with E-state index in [1.54, 1.807) is 25.3 Å². The molecule has 0 aromatic heterocycles. The first-order valence-electron chi connectivity index (χ1n) is 11.5. The van der Waals surface area contributed by atoms with E-state index in [1.165, 1.54) is 7.11 Å². The van der Waals surface area contributed by atoms with Gasteiger partial charge in [0.15, 0.2) is 11.5 Å². The molecule has 0 spiro atoms. The Morgan fingerprint density at radius 3 is 2.44 bits per heavy atom. The molecule has 1 N–H and O–H groups in total. The summed E-state index contributed by atoms with van der Waals surface area (Å²) in [7, 11) is 2.98. The smallest absolute Gasteiger partial charge is 0.340 e. The lowest BCUT2D eigenvalue weighted by Crippen LogP contribution is -2.37. The zero-order chi connectivity index (χ0) is 25.5. The summed E-state index contributed by atoms with van der Waals surface area (Å²) in [6.07, 6.45) is 0. The Bertz CT molecular complexity index is 1190. The number of methoxy groups -OCH3 is 2. The summed E-state index contributed by atoms with van der Waals surface area (Å²) in [5.41, 5.74) is 3.86. The van der Waals surface area contributed by atoms with Crippen LogP contribution in [0.5, 0.6) is 11.5 Å². The van der Waals surface area contributed by atoms with Crippen LogP contribution < -0.4 is 19.7 Å². The number of morpholine rings is 1. The van der Waals surface area contributed by atoms with E-state index in [2.05, 4.69) is 10.2 Å². The van der Waals surface area contributed by atoms with E-state index in [0.29, 0.717) is 46.9 Å². The number of ether oxygens (including phenoxy) is 4. The first kappa shape index (κ1) is 25.9. The highest BCUT2D eigenvalue weighted by atomic mass is 35.5. The van der Waals surface area contributed by atoms with E-state index in [-0.39, 0.29) is 12.6 Å². The maximum Gasteiger partial charge on any atom is 0.340 e. The topological polar surface area (TPSA) is 69.3 Å². The Kier molecular flexibility index (Phi) is 8.80. The molecule has 3 aromatic rings. The van der Waals surface area contributed by atoms with Gasteiger partial charge in [0.25, 0.3) is 0 Å². The van der Waals surface area contributed by atoms with Gasteiger partial charge in [0.1, 0.15) is 6.61 Å². The Morgan fingerprint density at radius 1 is 1.00 bits per heavy atom. The Labute approximate surface area is 220 Å². The Balaban J connectivity index is 1.45. The molecule has 0 amide bonds. The third kappa shape index (κ3) is 6.16. The molecule has 1 saturated heterocycles. The predicted molar refractivity (Wildman–Crippen MR) is 142 cm³/mol. The van der Waals surface area contributed by atoms with E-state index in [4.69, 9.17) is 42.1 Å². The average molecular weight is 531 g/mol. The quantitative estimate of drug-likeness (QED) is 0.349. The number of carbonyl (C=O) groups excluding carboxylic acids is 1. The summed E-state index contributed by atoms with van der Waals surface area (Å²) in [4.78, 5) is 14.6. The molecule has 0 bridgehead atoms. The number of anilines is 2. The molecule has 1 aliphatic rings. The summed E-state index contributed by atoms with van der Waals surface area (Å²) in [6.45, 7) is 3.46. The highest BCUT2D eigenvalue weighted by molar-refractivity contribution is 6.35. The molecule has 0 unspecified atom stereocenters. The number of nitrogens with zero attached hydrogens (tertiary/aromatic N) is 1. The second kappa shape index (κ2) is 12.2. The van der Waals surface area contributed by atoms with E-state index in [9.17, 15) is 4.79 Å². The summed E-state index contributed by atoms with van der Waals surface area (Å²) in [6, 6.07) is 16.8. The van der Waals surface area contributed by atoms with Gasteiger partial charge in [0.05, 0.1) is 38.7 Å². The SMILES string of the molecule is COC(=O)c1cc(NCc2ccc(OCc3c(Cl)cccc3Cl)c(OC)c2)ccc1N1CCOCC1. The highest BCUT2D eigenvalue weighted by Crippen LogP contribution is 2.32. The fourth-order valence-corrected chi connectivity index (χ4v) is 4.47. The van der Waals surface area contributed by atoms with Crippen LogP contribution in [0.25, 0.3) is 0 Å². The number of esters is 1. The fourth-order valence-electron chi connectivity index (χ4n) is 3.96. The summed E-state index contributed by atoms with van der Waals surface area (Å²) in [5.74, 6) is 0.803. The van der Waals surface area contributed by atoms with Crippen LogP contribution in [0.2, 0.25) is 10.0 Å². The minimum atomic E-state index is -0.373. The van der Waals surface area contributed by atoms with Crippen LogP contribution in [0.4, 0.5) is 11.4 Å². The number of halogens is 2. The van der Waals surface area contributed by atoms with Gasteiger partial charge in [-0.2, -0.15) is 0 Å². The molecule has 1 heterocycles. The molecular weight excluding hydrogens is 503 g/mol. The van der Waals surface area contributed by atoms with Crippen molar-refractivity contribution in [1.82, 2.24) is 0 Å². The molecular formula is C27H28Cl2N2O5. The molecule has 1 aliphatic heterocycles. The van der Waals surface area contributed by atoms with Gasteiger partial charge in [0, 0.05) is 40.9 Å². The molecule has 9 heteroatoms. The van der Waals surface area contributed by atoms with Gasteiger partial charge in [-0.3, -0.25) is 0 Å². The highest BCUT2D eigenvalue weighted by Gasteiger charge is 2.20. The van der Waals surface area contributed by atoms with Gasteiger partial charge in [-0.1, -0.05) is 35.3 Å². The van der Waals surface area contributed by atoms with Crippen LogP contribution >= 0.6 is 23.2 Å². The minimum Gasteiger partial charge on any atom is -0.493 e. The van der Waals surface area contributed by atoms with E-state index >= 15 is 0 Å². The molecule has 0 atom stereocenters. The second-order valence-electron chi connectivity index (χ2n) is 8.15. The van der Waals surface area contributed by atoms with Gasteiger partial charge in [-0.15, -0.1) is 0 Å². The Morgan fingerprint density at radius 2 is 1.75 bits per heavy atom.